The van der Waals surface area contributed by atoms with E-state index in [1.54, 1.807) is 0 Å². The summed E-state index contributed by atoms with van der Waals surface area (Å²) >= 11 is 0. The highest BCUT2D eigenvalue weighted by molar-refractivity contribution is 7.47. The van der Waals surface area contributed by atoms with Crippen molar-refractivity contribution in [2.75, 3.05) is 40.9 Å². The van der Waals surface area contributed by atoms with E-state index in [1.807, 2.05) is 21.1 Å². The molecule has 0 saturated heterocycles. The number of carbonyl (C=O) groups excluding carboxylic acids is 1. The largest absolute Gasteiger partial charge is 0.472 e. The van der Waals surface area contributed by atoms with Gasteiger partial charge in [0.1, 0.15) is 13.2 Å². The average Bonchev–Trinajstić information content (AvgIpc) is 3.23. The van der Waals surface area contributed by atoms with Gasteiger partial charge in [-0.1, -0.05) is 238 Å². The molecule has 8 nitrogen and oxygen atoms in total. The van der Waals surface area contributed by atoms with E-state index in [0.717, 1.165) is 38.5 Å². The standard InChI is InChI=1S/C53H107N2O6P/c1-6-8-10-12-14-16-18-20-21-22-23-24-25-26-27-28-29-30-31-32-33-35-37-39-41-43-45-47-53(57)54-51(50-61-62(58,59)60-49-48-55(3,4)5)52(56)46-44-42-40-38-36-34-19-17-15-13-11-9-7-2/h26-27,51-52,56H,6-25,28-50H2,1-5H3,(H-,54,57,58,59)/p+1/b27-26-. The SMILES string of the molecule is CCCCCCCCCCCCCC/C=C\CCCCCCCCCCCCCC(=O)NC(COP(=O)(O)OCC[N+](C)(C)C)C(O)CCCCCCCCCCCCCCC. The van der Waals surface area contributed by atoms with E-state index in [4.69, 9.17) is 9.05 Å². The molecule has 3 unspecified atom stereocenters. The lowest BCUT2D eigenvalue weighted by atomic mass is 10.0. The maximum Gasteiger partial charge on any atom is 0.472 e. The van der Waals surface area contributed by atoms with Crippen LogP contribution in [0.1, 0.15) is 271 Å². The smallest absolute Gasteiger partial charge is 0.391 e. The molecule has 0 aromatic rings. The summed E-state index contributed by atoms with van der Waals surface area (Å²) in [6, 6.07) is -0.757. The highest BCUT2D eigenvalue weighted by Gasteiger charge is 2.28. The van der Waals surface area contributed by atoms with Crippen LogP contribution in [0.15, 0.2) is 12.2 Å². The number of amides is 1. The third-order valence-electron chi connectivity index (χ3n) is 12.5. The zero-order valence-corrected chi connectivity index (χ0v) is 43.0. The third kappa shape index (κ3) is 47.2. The Morgan fingerprint density at radius 2 is 0.871 bits per heavy atom. The van der Waals surface area contributed by atoms with Gasteiger partial charge >= 0.3 is 7.82 Å². The second-order valence-corrected chi connectivity index (χ2v) is 21.4. The Kier molecular flexibility index (Phi) is 44.8. The molecule has 0 bridgehead atoms. The predicted octanol–water partition coefficient (Wildman–Crippen LogP) is 15.9. The lowest BCUT2D eigenvalue weighted by Gasteiger charge is -2.26. The fourth-order valence-corrected chi connectivity index (χ4v) is 8.96. The zero-order chi connectivity index (χ0) is 45.7. The first-order chi connectivity index (χ1) is 30.0. The minimum absolute atomic E-state index is 0.0768. The summed E-state index contributed by atoms with van der Waals surface area (Å²) < 4.78 is 23.7. The summed E-state index contributed by atoms with van der Waals surface area (Å²) in [5.74, 6) is -0.142. The molecule has 0 aliphatic rings. The molecule has 0 aliphatic heterocycles. The molecule has 0 radical (unpaired) electrons. The van der Waals surface area contributed by atoms with E-state index in [9.17, 15) is 19.4 Å². The number of unbranched alkanes of at least 4 members (excludes halogenated alkanes) is 35. The normalized spacial score (nSPS) is 14.1. The number of rotatable bonds is 50. The molecular weight excluding hydrogens is 792 g/mol. The van der Waals surface area contributed by atoms with Crippen LogP contribution in [-0.4, -0.2) is 73.4 Å². The predicted molar refractivity (Wildman–Crippen MR) is 268 cm³/mol. The number of quaternary nitrogens is 1. The van der Waals surface area contributed by atoms with Gasteiger partial charge in [-0.2, -0.15) is 0 Å². The number of hydrogen-bond donors (Lipinski definition) is 3. The number of aliphatic hydroxyl groups is 1. The molecule has 0 aliphatic carbocycles. The number of hydrogen-bond acceptors (Lipinski definition) is 5. The quantitative estimate of drug-likeness (QED) is 0.0243. The van der Waals surface area contributed by atoms with Gasteiger partial charge in [0, 0.05) is 6.42 Å². The van der Waals surface area contributed by atoms with Gasteiger partial charge in [-0.3, -0.25) is 13.8 Å². The van der Waals surface area contributed by atoms with Crippen molar-refractivity contribution in [1.82, 2.24) is 5.32 Å². The van der Waals surface area contributed by atoms with Gasteiger partial charge in [-0.05, 0) is 38.5 Å². The number of phosphoric ester groups is 1. The molecular formula is C53H108N2O6P+. The summed E-state index contributed by atoms with van der Waals surface area (Å²) in [6.45, 7) is 4.92. The van der Waals surface area contributed by atoms with E-state index in [2.05, 4.69) is 31.3 Å². The monoisotopic (exact) mass is 900 g/mol. The van der Waals surface area contributed by atoms with E-state index in [-0.39, 0.29) is 19.1 Å². The molecule has 0 aromatic heterocycles. The first kappa shape index (κ1) is 61.2. The Bertz CT molecular complexity index is 1020. The minimum atomic E-state index is -4.31. The second kappa shape index (κ2) is 45.4. The van der Waals surface area contributed by atoms with Crippen LogP contribution in [0.3, 0.4) is 0 Å². The molecule has 370 valence electrons. The minimum Gasteiger partial charge on any atom is -0.391 e. The van der Waals surface area contributed by atoms with Crippen LogP contribution in [0, 0.1) is 0 Å². The van der Waals surface area contributed by atoms with Crippen LogP contribution in [0.5, 0.6) is 0 Å². The zero-order valence-electron chi connectivity index (χ0n) is 42.1. The van der Waals surface area contributed by atoms with Gasteiger partial charge in [-0.15, -0.1) is 0 Å². The highest BCUT2D eigenvalue weighted by Crippen LogP contribution is 2.43. The van der Waals surface area contributed by atoms with Crippen molar-refractivity contribution < 1.29 is 32.9 Å². The molecule has 3 atom stereocenters. The Balaban J connectivity index is 4.09. The van der Waals surface area contributed by atoms with Crippen molar-refractivity contribution in [2.24, 2.45) is 0 Å². The second-order valence-electron chi connectivity index (χ2n) is 20.0. The Morgan fingerprint density at radius 3 is 1.24 bits per heavy atom. The van der Waals surface area contributed by atoms with E-state index in [1.165, 1.54) is 205 Å². The third-order valence-corrected chi connectivity index (χ3v) is 13.5. The Morgan fingerprint density at radius 1 is 0.532 bits per heavy atom. The summed E-state index contributed by atoms with van der Waals surface area (Å²) in [6.07, 6.45) is 54.0. The molecule has 1 amide bonds. The summed E-state index contributed by atoms with van der Waals surface area (Å²) in [5.41, 5.74) is 0. The van der Waals surface area contributed by atoms with Gasteiger partial charge in [0.15, 0.2) is 0 Å². The van der Waals surface area contributed by atoms with Gasteiger partial charge < -0.3 is 19.8 Å². The maximum absolute atomic E-state index is 12.9. The average molecular weight is 900 g/mol. The lowest BCUT2D eigenvalue weighted by Crippen LogP contribution is -2.46. The van der Waals surface area contributed by atoms with Crippen molar-refractivity contribution in [3.8, 4) is 0 Å². The van der Waals surface area contributed by atoms with Crippen molar-refractivity contribution in [3.63, 3.8) is 0 Å². The number of phosphoric acid groups is 1. The molecule has 3 N–H and O–H groups in total. The molecule has 0 aromatic carbocycles. The van der Waals surface area contributed by atoms with Crippen molar-refractivity contribution in [2.45, 2.75) is 283 Å². The maximum atomic E-state index is 12.9. The molecule has 0 rings (SSSR count). The lowest BCUT2D eigenvalue weighted by molar-refractivity contribution is -0.870. The molecule has 62 heavy (non-hydrogen) atoms. The molecule has 0 saturated carbocycles. The number of carbonyl (C=O) groups is 1. The van der Waals surface area contributed by atoms with Crippen molar-refractivity contribution in [1.29, 1.82) is 0 Å². The number of allylic oxidation sites excluding steroid dienone is 2. The van der Waals surface area contributed by atoms with Crippen LogP contribution in [0.4, 0.5) is 0 Å². The van der Waals surface area contributed by atoms with Gasteiger partial charge in [0.25, 0.3) is 0 Å². The fourth-order valence-electron chi connectivity index (χ4n) is 8.22. The Labute approximate surface area is 386 Å². The highest BCUT2D eigenvalue weighted by atomic mass is 31.2. The van der Waals surface area contributed by atoms with E-state index < -0.39 is 20.0 Å². The summed E-state index contributed by atoms with van der Waals surface area (Å²) in [4.78, 5) is 23.2. The number of nitrogens with zero attached hydrogens (tertiary/aromatic N) is 1. The number of aliphatic hydroxyl groups excluding tert-OH is 1. The molecule has 0 heterocycles. The van der Waals surface area contributed by atoms with Gasteiger partial charge in [0.05, 0.1) is 39.9 Å². The van der Waals surface area contributed by atoms with Crippen molar-refractivity contribution in [3.05, 3.63) is 12.2 Å². The summed E-state index contributed by atoms with van der Waals surface area (Å²) in [5, 5.41) is 14.0. The number of likely N-dealkylation sites (N-methyl/N-ethyl adjacent to an activating group) is 1. The van der Waals surface area contributed by atoms with Crippen molar-refractivity contribution >= 4 is 13.7 Å². The first-order valence-electron chi connectivity index (χ1n) is 27.1. The van der Waals surface area contributed by atoms with Crippen LogP contribution in [0.25, 0.3) is 0 Å². The molecule has 0 fully saturated rings. The Hall–Kier alpha value is -0.760. The fraction of sp³-hybridized carbons (Fsp3) is 0.943. The number of nitrogens with one attached hydrogen (secondary N) is 1. The molecule has 0 spiro atoms. The van der Waals surface area contributed by atoms with Gasteiger partial charge in [0.2, 0.25) is 5.91 Å². The topological polar surface area (TPSA) is 105 Å². The van der Waals surface area contributed by atoms with Crippen LogP contribution in [0.2, 0.25) is 0 Å². The van der Waals surface area contributed by atoms with Crippen LogP contribution in [-0.2, 0) is 18.4 Å². The molecule has 9 heteroatoms. The van der Waals surface area contributed by atoms with Crippen LogP contribution < -0.4 is 5.32 Å². The van der Waals surface area contributed by atoms with E-state index >= 15 is 0 Å². The first-order valence-corrected chi connectivity index (χ1v) is 28.5. The van der Waals surface area contributed by atoms with E-state index in [0.29, 0.717) is 23.9 Å². The summed E-state index contributed by atoms with van der Waals surface area (Å²) in [7, 11) is 1.63. The van der Waals surface area contributed by atoms with Gasteiger partial charge in [-0.25, -0.2) is 4.57 Å². The van der Waals surface area contributed by atoms with Crippen LogP contribution >= 0.6 is 7.82 Å².